The summed E-state index contributed by atoms with van der Waals surface area (Å²) in [5.74, 6) is 0.889. The molecule has 2 rings (SSSR count). The lowest BCUT2D eigenvalue weighted by molar-refractivity contribution is 0.740. The molecule has 3 nitrogen and oxygen atoms in total. The van der Waals surface area contributed by atoms with Gasteiger partial charge in [0.25, 0.3) is 0 Å². The molecule has 1 heterocycles. The van der Waals surface area contributed by atoms with Gasteiger partial charge in [-0.25, -0.2) is 4.98 Å². The predicted molar refractivity (Wildman–Crippen MR) is 65.3 cm³/mol. The van der Waals surface area contributed by atoms with Gasteiger partial charge in [-0.1, -0.05) is 28.1 Å². The minimum Gasteiger partial charge on any atom is -0.283 e. The standard InChI is InChI=1S/C10H10BrN3S/c1-14-10(15)12-9(13-14)6-7-3-2-4-8(11)5-7/h2-5H,6H2,1H3,(H,12,13,15). The van der Waals surface area contributed by atoms with Crippen LogP contribution >= 0.6 is 28.1 Å². The number of hydrogen-bond acceptors (Lipinski definition) is 2. The molecule has 78 valence electrons. The van der Waals surface area contributed by atoms with Crippen molar-refractivity contribution in [1.82, 2.24) is 14.8 Å². The zero-order chi connectivity index (χ0) is 10.8. The summed E-state index contributed by atoms with van der Waals surface area (Å²) in [6, 6.07) is 8.16. The van der Waals surface area contributed by atoms with Crippen LogP contribution in [-0.4, -0.2) is 14.8 Å². The van der Waals surface area contributed by atoms with Crippen LogP contribution in [0.4, 0.5) is 0 Å². The molecule has 0 saturated heterocycles. The lowest BCUT2D eigenvalue weighted by atomic mass is 10.1. The Bertz CT molecular complexity index is 529. The topological polar surface area (TPSA) is 33.6 Å². The molecule has 0 spiro atoms. The highest BCUT2D eigenvalue weighted by atomic mass is 79.9. The lowest BCUT2D eigenvalue weighted by Crippen LogP contribution is -1.93. The Morgan fingerprint density at radius 3 is 2.93 bits per heavy atom. The van der Waals surface area contributed by atoms with E-state index in [9.17, 15) is 0 Å². The van der Waals surface area contributed by atoms with E-state index >= 15 is 0 Å². The summed E-state index contributed by atoms with van der Waals surface area (Å²) in [5.41, 5.74) is 1.20. The van der Waals surface area contributed by atoms with Gasteiger partial charge in [-0.05, 0) is 29.9 Å². The van der Waals surface area contributed by atoms with Gasteiger partial charge in [-0.15, -0.1) is 0 Å². The van der Waals surface area contributed by atoms with Gasteiger partial charge >= 0.3 is 0 Å². The summed E-state index contributed by atoms with van der Waals surface area (Å²) >= 11 is 8.47. The van der Waals surface area contributed by atoms with Crippen LogP contribution in [0.3, 0.4) is 0 Å². The first-order chi connectivity index (χ1) is 7.15. The molecule has 0 aliphatic heterocycles. The second kappa shape index (κ2) is 4.28. The molecule has 0 aliphatic carbocycles. The van der Waals surface area contributed by atoms with Gasteiger partial charge in [0.2, 0.25) is 4.77 Å². The first-order valence-corrected chi connectivity index (χ1v) is 5.71. The second-order valence-electron chi connectivity index (χ2n) is 3.32. The van der Waals surface area contributed by atoms with E-state index < -0.39 is 0 Å². The van der Waals surface area contributed by atoms with Gasteiger partial charge in [0.05, 0.1) is 0 Å². The molecule has 15 heavy (non-hydrogen) atoms. The van der Waals surface area contributed by atoms with Crippen LogP contribution in [0, 0.1) is 4.77 Å². The van der Waals surface area contributed by atoms with Crippen LogP contribution < -0.4 is 0 Å². The molecule has 1 aromatic carbocycles. The van der Waals surface area contributed by atoms with Gasteiger partial charge in [0.15, 0.2) is 0 Å². The first kappa shape index (κ1) is 10.6. The number of aromatic amines is 1. The van der Waals surface area contributed by atoms with Crippen LogP contribution in [0.2, 0.25) is 0 Å². The SMILES string of the molecule is Cn1[nH]c(Cc2cccc(Br)c2)nc1=S. The first-order valence-electron chi connectivity index (χ1n) is 4.51. The van der Waals surface area contributed by atoms with E-state index in [-0.39, 0.29) is 0 Å². The molecule has 2 aromatic rings. The van der Waals surface area contributed by atoms with Gasteiger partial charge in [-0.3, -0.25) is 9.78 Å². The number of halogens is 1. The largest absolute Gasteiger partial charge is 0.283 e. The zero-order valence-electron chi connectivity index (χ0n) is 8.20. The van der Waals surface area contributed by atoms with Crippen molar-refractivity contribution in [2.75, 3.05) is 0 Å². The third kappa shape index (κ3) is 2.54. The number of H-pyrrole nitrogens is 1. The van der Waals surface area contributed by atoms with Crippen LogP contribution in [0.1, 0.15) is 11.4 Å². The maximum Gasteiger partial charge on any atom is 0.215 e. The van der Waals surface area contributed by atoms with Crippen molar-refractivity contribution in [2.45, 2.75) is 6.42 Å². The predicted octanol–water partition coefficient (Wildman–Crippen LogP) is 2.83. The summed E-state index contributed by atoms with van der Waals surface area (Å²) in [6.07, 6.45) is 0.768. The fraction of sp³-hybridized carbons (Fsp3) is 0.200. The van der Waals surface area contributed by atoms with Crippen molar-refractivity contribution in [3.05, 3.63) is 44.9 Å². The number of nitrogens with one attached hydrogen (secondary N) is 1. The normalized spacial score (nSPS) is 10.5. The number of hydrogen-bond donors (Lipinski definition) is 1. The molecule has 5 heteroatoms. The van der Waals surface area contributed by atoms with Crippen molar-refractivity contribution in [3.8, 4) is 0 Å². The van der Waals surface area contributed by atoms with Crippen molar-refractivity contribution < 1.29 is 0 Å². The molecule has 0 fully saturated rings. The third-order valence-corrected chi connectivity index (χ3v) is 2.93. The number of aromatic nitrogens is 3. The van der Waals surface area contributed by atoms with E-state index in [0.29, 0.717) is 4.77 Å². The van der Waals surface area contributed by atoms with E-state index in [1.54, 1.807) is 4.68 Å². The molecule has 0 aliphatic rings. The maximum atomic E-state index is 5.03. The molecular formula is C10H10BrN3S. The highest BCUT2D eigenvalue weighted by Crippen LogP contribution is 2.13. The second-order valence-corrected chi connectivity index (χ2v) is 4.60. The van der Waals surface area contributed by atoms with Crippen LogP contribution in [-0.2, 0) is 13.5 Å². The molecule has 1 aromatic heterocycles. The number of nitrogens with zero attached hydrogens (tertiary/aromatic N) is 2. The Labute approximate surface area is 101 Å². The molecule has 0 saturated carbocycles. The van der Waals surface area contributed by atoms with Gasteiger partial charge < -0.3 is 0 Å². The maximum absolute atomic E-state index is 5.03. The fourth-order valence-corrected chi connectivity index (χ4v) is 1.98. The average Bonchev–Trinajstić information content (AvgIpc) is 2.45. The van der Waals surface area contributed by atoms with Crippen molar-refractivity contribution in [1.29, 1.82) is 0 Å². The van der Waals surface area contributed by atoms with E-state index in [0.717, 1.165) is 16.7 Å². The van der Waals surface area contributed by atoms with Crippen molar-refractivity contribution in [2.24, 2.45) is 7.05 Å². The van der Waals surface area contributed by atoms with E-state index in [1.807, 2.05) is 19.2 Å². The Balaban J connectivity index is 2.25. The Hall–Kier alpha value is -0.940. The molecule has 0 atom stereocenters. The fourth-order valence-electron chi connectivity index (χ4n) is 1.38. The van der Waals surface area contributed by atoms with E-state index in [4.69, 9.17) is 12.2 Å². The molecule has 0 unspecified atom stereocenters. The van der Waals surface area contributed by atoms with Gasteiger partial charge in [0, 0.05) is 17.9 Å². The Kier molecular flexibility index (Phi) is 3.02. The Morgan fingerprint density at radius 2 is 2.33 bits per heavy atom. The van der Waals surface area contributed by atoms with Crippen LogP contribution in [0.5, 0.6) is 0 Å². The summed E-state index contributed by atoms with van der Waals surface area (Å²) in [6.45, 7) is 0. The summed E-state index contributed by atoms with van der Waals surface area (Å²) in [7, 11) is 1.86. The summed E-state index contributed by atoms with van der Waals surface area (Å²) in [5, 5.41) is 3.10. The summed E-state index contributed by atoms with van der Waals surface area (Å²) in [4.78, 5) is 4.24. The molecule has 0 radical (unpaired) electrons. The van der Waals surface area contributed by atoms with Crippen molar-refractivity contribution in [3.63, 3.8) is 0 Å². The van der Waals surface area contributed by atoms with Crippen molar-refractivity contribution >= 4 is 28.1 Å². The lowest BCUT2D eigenvalue weighted by Gasteiger charge is -1.98. The molecule has 1 N–H and O–H groups in total. The van der Waals surface area contributed by atoms with Crippen LogP contribution in [0.15, 0.2) is 28.7 Å². The quantitative estimate of drug-likeness (QED) is 0.860. The summed E-state index contributed by atoms with van der Waals surface area (Å²) < 4.78 is 3.40. The van der Waals surface area contributed by atoms with E-state index in [1.165, 1.54) is 5.56 Å². The number of benzene rings is 1. The molecule has 0 bridgehead atoms. The van der Waals surface area contributed by atoms with E-state index in [2.05, 4.69) is 38.1 Å². The third-order valence-electron chi connectivity index (χ3n) is 2.07. The van der Waals surface area contributed by atoms with Gasteiger partial charge in [-0.2, -0.15) is 0 Å². The zero-order valence-corrected chi connectivity index (χ0v) is 10.6. The smallest absolute Gasteiger partial charge is 0.215 e. The number of rotatable bonds is 2. The minimum absolute atomic E-state index is 0.583. The highest BCUT2D eigenvalue weighted by Gasteiger charge is 2.01. The minimum atomic E-state index is 0.583. The van der Waals surface area contributed by atoms with Crippen LogP contribution in [0.25, 0.3) is 0 Å². The monoisotopic (exact) mass is 283 g/mol. The molecular weight excluding hydrogens is 274 g/mol. The molecule has 0 amide bonds. The van der Waals surface area contributed by atoms with Gasteiger partial charge in [0.1, 0.15) is 5.82 Å². The highest BCUT2D eigenvalue weighted by molar-refractivity contribution is 9.10. The Morgan fingerprint density at radius 1 is 1.53 bits per heavy atom. The number of aryl methyl sites for hydroxylation is 1. The average molecular weight is 284 g/mol.